The molecule has 0 unspecified atom stereocenters. The van der Waals surface area contributed by atoms with Crippen LogP contribution in [0.5, 0.6) is 0 Å². The van der Waals surface area contributed by atoms with Crippen LogP contribution >= 0.6 is 23.1 Å². The second-order valence-electron chi connectivity index (χ2n) is 2.38. The number of aliphatic hydroxyl groups excluding tert-OH is 1. The minimum atomic E-state index is 0.269. The van der Waals surface area contributed by atoms with Gasteiger partial charge in [-0.2, -0.15) is 11.8 Å². The number of hydrogen-bond donors (Lipinski definition) is 2. The quantitative estimate of drug-likeness (QED) is 0.704. The summed E-state index contributed by atoms with van der Waals surface area (Å²) in [7, 11) is 1.84. The fourth-order valence-electron chi connectivity index (χ4n) is 0.739. The maximum absolute atomic E-state index is 8.56. The minimum absolute atomic E-state index is 0.269. The van der Waals surface area contributed by atoms with Crippen molar-refractivity contribution in [1.29, 1.82) is 0 Å². The lowest BCUT2D eigenvalue weighted by molar-refractivity contribution is 0.296. The molecule has 0 aliphatic heterocycles. The van der Waals surface area contributed by atoms with E-state index in [1.165, 1.54) is 0 Å². The Bertz CT molecular complexity index is 241. The fourth-order valence-corrected chi connectivity index (χ4v) is 2.42. The first kappa shape index (κ1) is 10.7. The number of rotatable bonds is 6. The lowest BCUT2D eigenvalue weighted by Crippen LogP contribution is -1.87. The minimum Gasteiger partial charge on any atom is -0.396 e. The number of nitrogens with one attached hydrogen (secondary N) is 1. The van der Waals surface area contributed by atoms with Gasteiger partial charge in [0.1, 0.15) is 5.01 Å². The summed E-state index contributed by atoms with van der Waals surface area (Å²) in [5, 5.41) is 21.3. The average molecular weight is 219 g/mol. The van der Waals surface area contributed by atoms with Crippen molar-refractivity contribution in [3.05, 3.63) is 5.01 Å². The van der Waals surface area contributed by atoms with Crippen LogP contribution in [-0.4, -0.2) is 34.7 Å². The van der Waals surface area contributed by atoms with Crippen molar-refractivity contribution in [3.63, 3.8) is 0 Å². The molecule has 6 heteroatoms. The Labute approximate surface area is 85.8 Å². The predicted molar refractivity (Wildman–Crippen MR) is 57.3 cm³/mol. The summed E-state index contributed by atoms with van der Waals surface area (Å²) < 4.78 is 0. The van der Waals surface area contributed by atoms with E-state index in [9.17, 15) is 0 Å². The highest BCUT2D eigenvalue weighted by Gasteiger charge is 2.01. The smallest absolute Gasteiger partial charge is 0.205 e. The molecular weight excluding hydrogens is 206 g/mol. The van der Waals surface area contributed by atoms with Gasteiger partial charge in [0.25, 0.3) is 0 Å². The van der Waals surface area contributed by atoms with Gasteiger partial charge in [-0.15, -0.1) is 10.2 Å². The maximum Gasteiger partial charge on any atom is 0.205 e. The van der Waals surface area contributed by atoms with E-state index in [-0.39, 0.29) is 6.61 Å². The number of thioether (sulfide) groups is 1. The molecule has 0 aromatic carbocycles. The Balaban J connectivity index is 2.20. The standard InChI is InChI=1S/C7H13N3OS2/c1-8-7-10-9-6(13-7)5-12-4-2-3-11/h11H,2-5H2,1H3,(H,8,10). The van der Waals surface area contributed by atoms with E-state index in [1.54, 1.807) is 23.1 Å². The van der Waals surface area contributed by atoms with Crippen molar-refractivity contribution in [1.82, 2.24) is 10.2 Å². The van der Waals surface area contributed by atoms with Crippen LogP contribution in [0.3, 0.4) is 0 Å². The van der Waals surface area contributed by atoms with Crippen molar-refractivity contribution in [2.45, 2.75) is 12.2 Å². The lowest BCUT2D eigenvalue weighted by atomic mass is 10.5. The number of aliphatic hydroxyl groups is 1. The molecular formula is C7H13N3OS2. The molecule has 0 amide bonds. The van der Waals surface area contributed by atoms with E-state index in [4.69, 9.17) is 5.11 Å². The first-order valence-electron chi connectivity index (χ1n) is 4.05. The van der Waals surface area contributed by atoms with Crippen LogP contribution in [0.2, 0.25) is 0 Å². The van der Waals surface area contributed by atoms with E-state index in [1.807, 2.05) is 7.05 Å². The van der Waals surface area contributed by atoms with Gasteiger partial charge in [-0.25, -0.2) is 0 Å². The first-order valence-corrected chi connectivity index (χ1v) is 6.02. The van der Waals surface area contributed by atoms with E-state index in [2.05, 4.69) is 15.5 Å². The predicted octanol–water partition coefficient (Wildman–Crippen LogP) is 1.20. The second-order valence-corrected chi connectivity index (χ2v) is 4.55. The van der Waals surface area contributed by atoms with Crippen molar-refractivity contribution in [2.24, 2.45) is 0 Å². The number of anilines is 1. The molecule has 2 N–H and O–H groups in total. The van der Waals surface area contributed by atoms with Crippen molar-refractivity contribution in [2.75, 3.05) is 24.7 Å². The van der Waals surface area contributed by atoms with Gasteiger partial charge in [0.15, 0.2) is 0 Å². The second kappa shape index (κ2) is 6.17. The van der Waals surface area contributed by atoms with Gasteiger partial charge in [-0.3, -0.25) is 0 Å². The summed E-state index contributed by atoms with van der Waals surface area (Å²) in [6.07, 6.45) is 0.850. The molecule has 0 saturated heterocycles. The van der Waals surface area contributed by atoms with Gasteiger partial charge in [0, 0.05) is 19.4 Å². The maximum atomic E-state index is 8.56. The van der Waals surface area contributed by atoms with Gasteiger partial charge >= 0.3 is 0 Å². The Kier molecular flexibility index (Phi) is 5.10. The molecule has 0 radical (unpaired) electrons. The molecule has 0 aliphatic rings. The Morgan fingerprint density at radius 1 is 1.54 bits per heavy atom. The monoisotopic (exact) mass is 219 g/mol. The zero-order valence-electron chi connectivity index (χ0n) is 7.49. The molecule has 0 bridgehead atoms. The molecule has 0 spiro atoms. The topological polar surface area (TPSA) is 58.0 Å². The normalized spacial score (nSPS) is 10.3. The van der Waals surface area contributed by atoms with Gasteiger partial charge in [-0.05, 0) is 12.2 Å². The molecule has 1 aromatic heterocycles. The summed E-state index contributed by atoms with van der Waals surface area (Å²) in [4.78, 5) is 0. The van der Waals surface area contributed by atoms with E-state index in [0.29, 0.717) is 0 Å². The molecule has 1 heterocycles. The Hall–Kier alpha value is -0.330. The summed E-state index contributed by atoms with van der Waals surface area (Å²) in [5.74, 6) is 1.87. The molecule has 4 nitrogen and oxygen atoms in total. The SMILES string of the molecule is CNc1nnc(CSCCCO)s1. The van der Waals surface area contributed by atoms with Crippen LogP contribution in [0.25, 0.3) is 0 Å². The van der Waals surface area contributed by atoms with Crippen LogP contribution in [0.1, 0.15) is 11.4 Å². The third kappa shape index (κ3) is 3.93. The molecule has 1 rings (SSSR count). The van der Waals surface area contributed by atoms with Crippen molar-refractivity contribution < 1.29 is 5.11 Å². The van der Waals surface area contributed by atoms with Crippen LogP contribution in [0.4, 0.5) is 5.13 Å². The van der Waals surface area contributed by atoms with E-state index in [0.717, 1.165) is 28.1 Å². The zero-order valence-corrected chi connectivity index (χ0v) is 9.12. The summed E-state index contributed by atoms with van der Waals surface area (Å²) in [6, 6.07) is 0. The average Bonchev–Trinajstić information content (AvgIpc) is 2.60. The molecule has 0 fully saturated rings. The first-order chi connectivity index (χ1) is 6.36. The van der Waals surface area contributed by atoms with Crippen LogP contribution in [0, 0.1) is 0 Å². The number of aromatic nitrogens is 2. The van der Waals surface area contributed by atoms with Crippen molar-refractivity contribution in [3.8, 4) is 0 Å². The van der Waals surface area contributed by atoms with Gasteiger partial charge in [0.05, 0.1) is 0 Å². The molecule has 0 aliphatic carbocycles. The molecule has 0 atom stereocenters. The van der Waals surface area contributed by atoms with E-state index >= 15 is 0 Å². The summed E-state index contributed by atoms with van der Waals surface area (Å²) >= 11 is 3.35. The Morgan fingerprint density at radius 3 is 3.00 bits per heavy atom. The third-order valence-electron chi connectivity index (χ3n) is 1.35. The molecule has 13 heavy (non-hydrogen) atoms. The van der Waals surface area contributed by atoms with Crippen LogP contribution < -0.4 is 5.32 Å². The summed E-state index contributed by atoms with van der Waals surface area (Å²) in [5.41, 5.74) is 0. The molecule has 74 valence electrons. The highest BCUT2D eigenvalue weighted by Crippen LogP contribution is 2.19. The van der Waals surface area contributed by atoms with Gasteiger partial charge in [0.2, 0.25) is 5.13 Å². The zero-order chi connectivity index (χ0) is 9.52. The van der Waals surface area contributed by atoms with Crippen LogP contribution in [0.15, 0.2) is 0 Å². The highest BCUT2D eigenvalue weighted by molar-refractivity contribution is 7.98. The fraction of sp³-hybridized carbons (Fsp3) is 0.714. The number of nitrogens with zero attached hydrogens (tertiary/aromatic N) is 2. The highest BCUT2D eigenvalue weighted by atomic mass is 32.2. The largest absolute Gasteiger partial charge is 0.396 e. The summed E-state index contributed by atoms with van der Waals surface area (Å²) in [6.45, 7) is 0.269. The lowest BCUT2D eigenvalue weighted by Gasteiger charge is -1.94. The molecule has 0 saturated carbocycles. The van der Waals surface area contributed by atoms with E-state index < -0.39 is 0 Å². The Morgan fingerprint density at radius 2 is 2.38 bits per heavy atom. The number of hydrogen-bond acceptors (Lipinski definition) is 6. The molecule has 1 aromatic rings. The third-order valence-corrected chi connectivity index (χ3v) is 3.53. The van der Waals surface area contributed by atoms with Gasteiger partial charge < -0.3 is 10.4 Å². The van der Waals surface area contributed by atoms with Crippen LogP contribution in [-0.2, 0) is 5.75 Å². The van der Waals surface area contributed by atoms with Crippen molar-refractivity contribution >= 4 is 28.2 Å². The van der Waals surface area contributed by atoms with Gasteiger partial charge in [-0.1, -0.05) is 11.3 Å².